The van der Waals surface area contributed by atoms with Gasteiger partial charge in [-0.2, -0.15) is 4.31 Å². The third-order valence-electron chi connectivity index (χ3n) is 6.36. The number of nitrogens with one attached hydrogen (secondary N) is 2. The van der Waals surface area contributed by atoms with E-state index in [2.05, 4.69) is 17.2 Å². The first kappa shape index (κ1) is 24.4. The largest absolute Gasteiger partial charge is 0.395 e. The zero-order valence-corrected chi connectivity index (χ0v) is 19.1. The molecule has 176 valence electrons. The molecule has 1 aromatic carbocycles. The molecule has 9 heteroatoms. The van der Waals surface area contributed by atoms with Gasteiger partial charge in [0.2, 0.25) is 21.8 Å². The van der Waals surface area contributed by atoms with Crippen LogP contribution in [-0.2, 0) is 19.6 Å². The number of amides is 2. The summed E-state index contributed by atoms with van der Waals surface area (Å²) in [4.78, 5) is 23.9. The van der Waals surface area contributed by atoms with E-state index in [1.807, 2.05) is 0 Å². The Morgan fingerprint density at radius 3 is 2.47 bits per heavy atom. The number of hydrogen-bond acceptors (Lipinski definition) is 5. The van der Waals surface area contributed by atoms with Gasteiger partial charge in [0.1, 0.15) is 0 Å². The van der Waals surface area contributed by atoms with E-state index in [0.717, 1.165) is 12.5 Å². The second kappa shape index (κ2) is 11.1. The van der Waals surface area contributed by atoms with Gasteiger partial charge in [-0.3, -0.25) is 9.59 Å². The summed E-state index contributed by atoms with van der Waals surface area (Å²) in [6, 6.07) is 5.05. The SMILES string of the molecule is C=CC(=O)NC1CC(CO)N(S(=O)(=O)c2ccc(NC(=O)CCC3CCCCC3)cc2)C1. The lowest BCUT2D eigenvalue weighted by Crippen LogP contribution is -2.39. The number of carbonyl (C=O) groups is 2. The van der Waals surface area contributed by atoms with Crippen LogP contribution in [0.2, 0.25) is 0 Å². The molecule has 0 spiro atoms. The lowest BCUT2D eigenvalue weighted by atomic mass is 9.86. The number of rotatable bonds is 9. The maximum atomic E-state index is 13.1. The van der Waals surface area contributed by atoms with Crippen molar-refractivity contribution in [2.45, 2.75) is 68.3 Å². The minimum absolute atomic E-state index is 0.0631. The molecule has 2 atom stereocenters. The Hall–Kier alpha value is -2.23. The number of aliphatic hydroxyl groups is 1. The Labute approximate surface area is 190 Å². The summed E-state index contributed by atoms with van der Waals surface area (Å²) in [5.41, 5.74) is 0.550. The van der Waals surface area contributed by atoms with Gasteiger partial charge in [-0.25, -0.2) is 8.42 Å². The predicted octanol–water partition coefficient (Wildman–Crippen LogP) is 2.41. The van der Waals surface area contributed by atoms with E-state index in [0.29, 0.717) is 24.4 Å². The summed E-state index contributed by atoms with van der Waals surface area (Å²) in [5.74, 6) is 0.184. The third kappa shape index (κ3) is 6.17. The van der Waals surface area contributed by atoms with Crippen LogP contribution in [0.3, 0.4) is 0 Å². The van der Waals surface area contributed by atoms with Crippen molar-refractivity contribution in [2.75, 3.05) is 18.5 Å². The van der Waals surface area contributed by atoms with Gasteiger partial charge >= 0.3 is 0 Å². The van der Waals surface area contributed by atoms with Crippen molar-refractivity contribution in [3.05, 3.63) is 36.9 Å². The van der Waals surface area contributed by atoms with Crippen LogP contribution in [0.15, 0.2) is 41.8 Å². The quantitative estimate of drug-likeness (QED) is 0.487. The summed E-state index contributed by atoms with van der Waals surface area (Å²) in [6.07, 6.45) is 8.99. The van der Waals surface area contributed by atoms with Crippen LogP contribution in [0.5, 0.6) is 0 Å². The number of nitrogens with zero attached hydrogens (tertiary/aromatic N) is 1. The summed E-state index contributed by atoms with van der Waals surface area (Å²) in [6.45, 7) is 3.14. The zero-order valence-electron chi connectivity index (χ0n) is 18.3. The molecule has 2 amide bonds. The smallest absolute Gasteiger partial charge is 0.243 e. The minimum Gasteiger partial charge on any atom is -0.395 e. The molecule has 0 aromatic heterocycles. The summed E-state index contributed by atoms with van der Waals surface area (Å²) >= 11 is 0. The molecule has 3 N–H and O–H groups in total. The highest BCUT2D eigenvalue weighted by Crippen LogP contribution is 2.28. The first-order chi connectivity index (χ1) is 15.3. The van der Waals surface area contributed by atoms with Crippen LogP contribution in [0.25, 0.3) is 0 Å². The van der Waals surface area contributed by atoms with Gasteiger partial charge in [0.25, 0.3) is 0 Å². The Bertz CT molecular complexity index is 910. The minimum atomic E-state index is -3.86. The monoisotopic (exact) mass is 463 g/mol. The molecule has 1 saturated carbocycles. The summed E-state index contributed by atoms with van der Waals surface area (Å²) < 4.78 is 27.4. The molecular weight excluding hydrogens is 430 g/mol. The van der Waals surface area contributed by atoms with Crippen molar-refractivity contribution in [1.29, 1.82) is 0 Å². The fraction of sp³-hybridized carbons (Fsp3) is 0.565. The van der Waals surface area contributed by atoms with Crippen molar-refractivity contribution >= 4 is 27.5 Å². The molecule has 0 bridgehead atoms. The number of sulfonamides is 1. The van der Waals surface area contributed by atoms with E-state index in [1.165, 1.54) is 48.5 Å². The number of anilines is 1. The van der Waals surface area contributed by atoms with Gasteiger partial charge in [0, 0.05) is 24.7 Å². The van der Waals surface area contributed by atoms with Gasteiger partial charge in [0.05, 0.1) is 17.5 Å². The first-order valence-electron chi connectivity index (χ1n) is 11.3. The zero-order chi connectivity index (χ0) is 23.1. The predicted molar refractivity (Wildman–Crippen MR) is 122 cm³/mol. The van der Waals surface area contributed by atoms with E-state index in [9.17, 15) is 23.1 Å². The number of aliphatic hydroxyl groups excluding tert-OH is 1. The molecule has 8 nitrogen and oxygen atoms in total. The Kier molecular flexibility index (Phi) is 8.44. The lowest BCUT2D eigenvalue weighted by Gasteiger charge is -2.22. The van der Waals surface area contributed by atoms with Crippen LogP contribution in [0.1, 0.15) is 51.4 Å². The first-order valence-corrected chi connectivity index (χ1v) is 12.7. The molecule has 2 fully saturated rings. The molecule has 2 unspecified atom stereocenters. The standard InChI is InChI=1S/C23H33N3O5S/c1-2-22(28)25-19-14-20(16-27)26(15-19)32(30,31)21-11-9-18(10-12-21)24-23(29)13-8-17-6-4-3-5-7-17/h2,9-12,17,19-20,27H,1,3-8,13-16H2,(H,24,29)(H,25,28). The van der Waals surface area contributed by atoms with Crippen LogP contribution in [-0.4, -0.2) is 54.9 Å². The Morgan fingerprint density at radius 2 is 1.84 bits per heavy atom. The highest BCUT2D eigenvalue weighted by molar-refractivity contribution is 7.89. The van der Waals surface area contributed by atoms with Gasteiger partial charge < -0.3 is 15.7 Å². The molecule has 1 aliphatic heterocycles. The fourth-order valence-electron chi connectivity index (χ4n) is 4.59. The normalized spacial score (nSPS) is 22.4. The highest BCUT2D eigenvalue weighted by Gasteiger charge is 2.40. The molecule has 1 aliphatic carbocycles. The van der Waals surface area contributed by atoms with E-state index in [1.54, 1.807) is 12.1 Å². The second-order valence-corrected chi connectivity index (χ2v) is 10.6. The molecule has 0 radical (unpaired) electrons. The fourth-order valence-corrected chi connectivity index (χ4v) is 6.26. The van der Waals surface area contributed by atoms with Crippen LogP contribution >= 0.6 is 0 Å². The van der Waals surface area contributed by atoms with Crippen molar-refractivity contribution in [2.24, 2.45) is 5.92 Å². The molecule has 1 aromatic rings. The summed E-state index contributed by atoms with van der Waals surface area (Å²) in [7, 11) is -3.86. The van der Waals surface area contributed by atoms with Gasteiger partial charge in [0.15, 0.2) is 0 Å². The van der Waals surface area contributed by atoms with Crippen LogP contribution < -0.4 is 10.6 Å². The number of hydrogen-bond donors (Lipinski definition) is 3. The van der Waals surface area contributed by atoms with Gasteiger partial charge in [-0.1, -0.05) is 38.7 Å². The molecule has 3 rings (SSSR count). The van der Waals surface area contributed by atoms with Crippen molar-refractivity contribution in [3.8, 4) is 0 Å². The van der Waals surface area contributed by atoms with E-state index in [-0.39, 0.29) is 29.9 Å². The second-order valence-electron chi connectivity index (χ2n) is 8.67. The Morgan fingerprint density at radius 1 is 1.16 bits per heavy atom. The topological polar surface area (TPSA) is 116 Å². The highest BCUT2D eigenvalue weighted by atomic mass is 32.2. The van der Waals surface area contributed by atoms with Crippen molar-refractivity contribution in [1.82, 2.24) is 9.62 Å². The van der Waals surface area contributed by atoms with Crippen molar-refractivity contribution in [3.63, 3.8) is 0 Å². The van der Waals surface area contributed by atoms with E-state index in [4.69, 9.17) is 0 Å². The maximum Gasteiger partial charge on any atom is 0.243 e. The third-order valence-corrected chi connectivity index (χ3v) is 8.29. The summed E-state index contributed by atoms with van der Waals surface area (Å²) in [5, 5.41) is 15.2. The molecule has 1 heterocycles. The van der Waals surface area contributed by atoms with E-state index < -0.39 is 22.1 Å². The number of benzene rings is 1. The van der Waals surface area contributed by atoms with E-state index >= 15 is 0 Å². The van der Waals surface area contributed by atoms with Gasteiger partial charge in [-0.05, 0) is 49.1 Å². The van der Waals surface area contributed by atoms with Crippen LogP contribution in [0.4, 0.5) is 5.69 Å². The van der Waals surface area contributed by atoms with Crippen LogP contribution in [0, 0.1) is 5.92 Å². The molecule has 1 saturated heterocycles. The lowest BCUT2D eigenvalue weighted by molar-refractivity contribution is -0.117. The average molecular weight is 464 g/mol. The molecule has 2 aliphatic rings. The van der Waals surface area contributed by atoms with Gasteiger partial charge in [-0.15, -0.1) is 0 Å². The maximum absolute atomic E-state index is 13.1. The van der Waals surface area contributed by atoms with Crippen molar-refractivity contribution < 1.29 is 23.1 Å². The Balaban J connectivity index is 1.59. The molecular formula is C23H33N3O5S. The molecule has 32 heavy (non-hydrogen) atoms. The average Bonchev–Trinajstić information content (AvgIpc) is 3.22. The number of carbonyl (C=O) groups excluding carboxylic acids is 2.